The van der Waals surface area contributed by atoms with Gasteiger partial charge in [0.15, 0.2) is 0 Å². The molecular weight excluding hydrogens is 380 g/mol. The van der Waals surface area contributed by atoms with E-state index in [1.54, 1.807) is 11.1 Å². The Morgan fingerprint density at radius 1 is 1.29 bits per heavy atom. The smallest absolute Gasteiger partial charge is 0.410 e. The Hall–Kier alpha value is -1.66. The van der Waals surface area contributed by atoms with E-state index in [-0.39, 0.29) is 18.0 Å². The molecular formula is C21H31ClN2O4. The lowest BCUT2D eigenvalue weighted by molar-refractivity contribution is -0.119. The second kappa shape index (κ2) is 10.8. The van der Waals surface area contributed by atoms with Crippen LogP contribution in [0.25, 0.3) is 0 Å². The number of aryl methyl sites for hydroxylation is 1. The number of ether oxygens (including phenoxy) is 2. The van der Waals surface area contributed by atoms with Gasteiger partial charge in [-0.2, -0.15) is 0 Å². The minimum absolute atomic E-state index is 0.0518. The van der Waals surface area contributed by atoms with Crippen molar-refractivity contribution >= 4 is 23.5 Å². The Morgan fingerprint density at radius 2 is 2.07 bits per heavy atom. The summed E-state index contributed by atoms with van der Waals surface area (Å²) in [5, 5.41) is 0.473. The number of rotatable bonds is 9. The van der Waals surface area contributed by atoms with Gasteiger partial charge >= 0.3 is 6.09 Å². The summed E-state index contributed by atoms with van der Waals surface area (Å²) < 4.78 is 11.2. The summed E-state index contributed by atoms with van der Waals surface area (Å²) in [4.78, 5) is 29.8. The van der Waals surface area contributed by atoms with Crippen LogP contribution in [-0.4, -0.2) is 53.2 Å². The van der Waals surface area contributed by atoms with E-state index in [4.69, 9.17) is 21.1 Å². The van der Waals surface area contributed by atoms with E-state index in [0.717, 1.165) is 24.8 Å². The van der Waals surface area contributed by atoms with Crippen LogP contribution in [0.4, 0.5) is 4.79 Å². The van der Waals surface area contributed by atoms with Crippen molar-refractivity contribution in [2.24, 2.45) is 0 Å². The monoisotopic (exact) mass is 410 g/mol. The molecule has 1 aromatic rings. The van der Waals surface area contributed by atoms with Crippen molar-refractivity contribution in [3.05, 3.63) is 29.0 Å². The van der Waals surface area contributed by atoms with E-state index >= 15 is 0 Å². The summed E-state index contributed by atoms with van der Waals surface area (Å²) in [6.07, 6.45) is 5.55. The summed E-state index contributed by atoms with van der Waals surface area (Å²) in [6.45, 7) is 7.42. The summed E-state index contributed by atoms with van der Waals surface area (Å²) in [7, 11) is 0. The number of aromatic nitrogens is 1. The van der Waals surface area contributed by atoms with Gasteiger partial charge in [0.1, 0.15) is 16.5 Å². The molecule has 6 nitrogen and oxygen atoms in total. The molecule has 1 aliphatic heterocycles. The van der Waals surface area contributed by atoms with Crippen molar-refractivity contribution in [1.82, 2.24) is 9.88 Å². The van der Waals surface area contributed by atoms with Gasteiger partial charge in [0, 0.05) is 32.2 Å². The van der Waals surface area contributed by atoms with Crippen molar-refractivity contribution in [3.8, 4) is 0 Å². The number of hydrogen-bond donors (Lipinski definition) is 0. The third kappa shape index (κ3) is 8.15. The first-order valence-electron chi connectivity index (χ1n) is 9.95. The van der Waals surface area contributed by atoms with Crippen LogP contribution in [0.15, 0.2) is 18.3 Å². The number of Topliss-reactive ketones (excluding diaryl/α,β-unsaturated/α-hetero) is 1. The van der Waals surface area contributed by atoms with Crippen LogP contribution in [0.2, 0.25) is 5.15 Å². The molecule has 156 valence electrons. The fourth-order valence-electron chi connectivity index (χ4n) is 3.04. The normalized spacial score (nSPS) is 17.0. The van der Waals surface area contributed by atoms with Crippen LogP contribution in [0, 0.1) is 0 Å². The van der Waals surface area contributed by atoms with Crippen LogP contribution in [0.1, 0.15) is 58.4 Å². The summed E-state index contributed by atoms with van der Waals surface area (Å²) in [5.74, 6) is 0.233. The first-order chi connectivity index (χ1) is 13.2. The Bertz CT molecular complexity index is 660. The largest absolute Gasteiger partial charge is 0.444 e. The van der Waals surface area contributed by atoms with Crippen molar-refractivity contribution in [2.45, 2.75) is 71.0 Å². The number of pyridine rings is 1. The number of hydrogen-bond acceptors (Lipinski definition) is 5. The maximum atomic E-state index is 12.0. The Balaban J connectivity index is 1.54. The third-order valence-corrected chi connectivity index (χ3v) is 4.85. The number of ketones is 1. The molecule has 0 radical (unpaired) electrons. The molecule has 0 N–H and O–H groups in total. The van der Waals surface area contributed by atoms with E-state index in [0.29, 0.717) is 44.1 Å². The average molecular weight is 411 g/mol. The van der Waals surface area contributed by atoms with E-state index in [1.807, 2.05) is 32.9 Å². The van der Waals surface area contributed by atoms with Crippen molar-refractivity contribution in [3.63, 3.8) is 0 Å². The van der Waals surface area contributed by atoms with E-state index in [2.05, 4.69) is 4.98 Å². The van der Waals surface area contributed by atoms with Gasteiger partial charge in [-0.25, -0.2) is 9.78 Å². The van der Waals surface area contributed by atoms with Crippen molar-refractivity contribution < 1.29 is 19.1 Å². The molecule has 1 aliphatic rings. The highest BCUT2D eigenvalue weighted by atomic mass is 35.5. The van der Waals surface area contributed by atoms with Crippen LogP contribution in [0.3, 0.4) is 0 Å². The zero-order valence-electron chi connectivity index (χ0n) is 17.1. The molecule has 2 heterocycles. The lowest BCUT2D eigenvalue weighted by Crippen LogP contribution is -2.36. The van der Waals surface area contributed by atoms with Crippen LogP contribution < -0.4 is 0 Å². The Labute approximate surface area is 172 Å². The number of unbranched alkanes of at least 4 members (excludes halogenated alkanes) is 1. The Morgan fingerprint density at radius 3 is 2.79 bits per heavy atom. The molecule has 1 atom stereocenters. The topological polar surface area (TPSA) is 68.7 Å². The maximum Gasteiger partial charge on any atom is 0.410 e. The van der Waals surface area contributed by atoms with Gasteiger partial charge in [-0.15, -0.1) is 0 Å². The standard InChI is InChI=1S/C21H31ClN2O4/c1-21(2,3)28-20(26)24-13-11-18(15-24)27-14-5-4-8-17(25)10-9-16-7-6-12-23-19(16)22/h6-7,12,18H,4-5,8-11,13-15H2,1-3H3/t18-/m1/s1. The van der Waals surface area contributed by atoms with Gasteiger partial charge in [0.2, 0.25) is 0 Å². The zero-order chi connectivity index (χ0) is 20.6. The molecule has 1 fully saturated rings. The number of likely N-dealkylation sites (tertiary alicyclic amines) is 1. The van der Waals surface area contributed by atoms with Crippen LogP contribution in [0.5, 0.6) is 0 Å². The second-order valence-corrected chi connectivity index (χ2v) is 8.51. The SMILES string of the molecule is CC(C)(C)OC(=O)N1CC[C@@H](OCCCCC(=O)CCc2cccnc2Cl)C1. The molecule has 1 aromatic heterocycles. The number of carbonyl (C=O) groups excluding carboxylic acids is 2. The lowest BCUT2D eigenvalue weighted by Gasteiger charge is -2.24. The van der Waals surface area contributed by atoms with E-state index in [9.17, 15) is 9.59 Å². The van der Waals surface area contributed by atoms with Crippen molar-refractivity contribution in [2.75, 3.05) is 19.7 Å². The summed E-state index contributed by atoms with van der Waals surface area (Å²) >= 11 is 6.01. The molecule has 0 unspecified atom stereocenters. The first kappa shape index (κ1) is 22.6. The quantitative estimate of drug-likeness (QED) is 0.445. The van der Waals surface area contributed by atoms with Crippen LogP contribution >= 0.6 is 11.6 Å². The molecule has 0 spiro atoms. The van der Waals surface area contributed by atoms with E-state index < -0.39 is 5.60 Å². The summed E-state index contributed by atoms with van der Waals surface area (Å²) in [6, 6.07) is 3.73. The van der Waals surface area contributed by atoms with Gasteiger partial charge in [0.05, 0.1) is 12.6 Å². The van der Waals surface area contributed by atoms with E-state index in [1.165, 1.54) is 0 Å². The number of halogens is 1. The first-order valence-corrected chi connectivity index (χ1v) is 10.3. The predicted molar refractivity (Wildman–Crippen MR) is 109 cm³/mol. The second-order valence-electron chi connectivity index (χ2n) is 8.16. The molecule has 2 rings (SSSR count). The highest BCUT2D eigenvalue weighted by Gasteiger charge is 2.30. The minimum Gasteiger partial charge on any atom is -0.444 e. The van der Waals surface area contributed by atoms with Gasteiger partial charge in [0.25, 0.3) is 0 Å². The fraction of sp³-hybridized carbons (Fsp3) is 0.667. The van der Waals surface area contributed by atoms with Gasteiger partial charge in [-0.1, -0.05) is 17.7 Å². The third-order valence-electron chi connectivity index (χ3n) is 4.51. The maximum absolute atomic E-state index is 12.0. The van der Waals surface area contributed by atoms with Crippen molar-refractivity contribution in [1.29, 1.82) is 0 Å². The molecule has 0 saturated carbocycles. The molecule has 1 amide bonds. The highest BCUT2D eigenvalue weighted by Crippen LogP contribution is 2.18. The van der Waals surface area contributed by atoms with Crippen LogP contribution in [-0.2, 0) is 20.7 Å². The zero-order valence-corrected chi connectivity index (χ0v) is 17.8. The van der Waals surface area contributed by atoms with Gasteiger partial charge in [-0.3, -0.25) is 4.79 Å². The fourth-order valence-corrected chi connectivity index (χ4v) is 3.25. The molecule has 7 heteroatoms. The number of carbonyl (C=O) groups is 2. The van der Waals surface area contributed by atoms with Gasteiger partial charge in [-0.05, 0) is 58.1 Å². The summed E-state index contributed by atoms with van der Waals surface area (Å²) in [5.41, 5.74) is 0.432. The number of nitrogens with zero attached hydrogens (tertiary/aromatic N) is 2. The Kier molecular flexibility index (Phi) is 8.70. The lowest BCUT2D eigenvalue weighted by atomic mass is 10.1. The number of amides is 1. The predicted octanol–water partition coefficient (Wildman–Crippen LogP) is 4.43. The molecule has 28 heavy (non-hydrogen) atoms. The minimum atomic E-state index is -0.481. The molecule has 0 aromatic carbocycles. The highest BCUT2D eigenvalue weighted by molar-refractivity contribution is 6.30. The molecule has 0 bridgehead atoms. The van der Waals surface area contributed by atoms with Gasteiger partial charge < -0.3 is 14.4 Å². The molecule has 0 aliphatic carbocycles. The molecule has 1 saturated heterocycles. The average Bonchev–Trinajstić information content (AvgIpc) is 3.08.